The first-order chi connectivity index (χ1) is 7.33. The first kappa shape index (κ1) is 12.1. The Morgan fingerprint density at radius 2 is 1.73 bits per heavy atom. The Morgan fingerprint density at radius 1 is 1.00 bits per heavy atom. The van der Waals surface area contributed by atoms with Crippen molar-refractivity contribution in [2.75, 3.05) is 0 Å². The predicted molar refractivity (Wildman–Crippen MR) is 65.2 cm³/mol. The molecule has 1 nitrogen and oxygen atoms in total. The molecule has 1 aromatic carbocycles. The molecule has 0 bridgehead atoms. The van der Waals surface area contributed by atoms with E-state index in [1.807, 2.05) is 12.1 Å². The zero-order valence-corrected chi connectivity index (χ0v) is 9.71. The molecule has 84 valence electrons. The maximum Gasteiger partial charge on any atom is 0.115 e. The van der Waals surface area contributed by atoms with Crippen LogP contribution in [0.4, 0.5) is 0 Å². The molecule has 1 rings (SSSR count). The van der Waals surface area contributed by atoms with Crippen molar-refractivity contribution in [1.82, 2.24) is 0 Å². The van der Waals surface area contributed by atoms with Crippen LogP contribution in [0.3, 0.4) is 0 Å². The summed E-state index contributed by atoms with van der Waals surface area (Å²) < 4.78 is 0. The summed E-state index contributed by atoms with van der Waals surface area (Å²) >= 11 is 0. The van der Waals surface area contributed by atoms with Gasteiger partial charge in [-0.2, -0.15) is 0 Å². The van der Waals surface area contributed by atoms with Crippen molar-refractivity contribution in [1.29, 1.82) is 0 Å². The lowest BCUT2D eigenvalue weighted by Crippen LogP contribution is -1.85. The summed E-state index contributed by atoms with van der Waals surface area (Å²) in [6, 6.07) is 7.60. The molecule has 1 N–H and O–H groups in total. The number of rotatable bonds is 7. The molecule has 0 saturated heterocycles. The molecule has 0 aliphatic rings. The summed E-state index contributed by atoms with van der Waals surface area (Å²) in [6.07, 6.45) is 9.06. The number of hydrogen-bond acceptors (Lipinski definition) is 1. The van der Waals surface area contributed by atoms with Gasteiger partial charge in [-0.05, 0) is 30.5 Å². The molecule has 0 unspecified atom stereocenters. The summed E-state index contributed by atoms with van der Waals surface area (Å²) in [6.45, 7) is 2.24. The van der Waals surface area contributed by atoms with Crippen molar-refractivity contribution in [3.63, 3.8) is 0 Å². The average Bonchev–Trinajstić information content (AvgIpc) is 2.23. The number of benzene rings is 1. The van der Waals surface area contributed by atoms with Crippen LogP contribution in [0.2, 0.25) is 0 Å². The van der Waals surface area contributed by atoms with E-state index in [2.05, 4.69) is 13.0 Å². The maximum atomic E-state index is 9.29. The number of phenolic OH excluding ortho intramolecular Hbond substituents is 1. The molecule has 0 heterocycles. The van der Waals surface area contributed by atoms with Gasteiger partial charge in [-0.25, -0.2) is 0 Å². The van der Waals surface area contributed by atoms with Crippen LogP contribution in [0, 0.1) is 0 Å². The fourth-order valence-corrected chi connectivity index (χ4v) is 1.82. The van der Waals surface area contributed by atoms with Gasteiger partial charge < -0.3 is 5.11 Å². The second kappa shape index (κ2) is 7.33. The summed E-state index contributed by atoms with van der Waals surface area (Å²) in [5, 5.41) is 9.29. The minimum Gasteiger partial charge on any atom is -0.508 e. The highest BCUT2D eigenvalue weighted by atomic mass is 16.3. The van der Waals surface area contributed by atoms with Gasteiger partial charge in [0.25, 0.3) is 0 Å². The van der Waals surface area contributed by atoms with E-state index in [0.717, 1.165) is 6.42 Å². The van der Waals surface area contributed by atoms with E-state index >= 15 is 0 Å². The monoisotopic (exact) mass is 206 g/mol. The Balaban J connectivity index is 2.10. The smallest absolute Gasteiger partial charge is 0.115 e. The van der Waals surface area contributed by atoms with Gasteiger partial charge in [0.15, 0.2) is 0 Å². The van der Waals surface area contributed by atoms with Crippen molar-refractivity contribution in [2.24, 2.45) is 0 Å². The van der Waals surface area contributed by atoms with E-state index in [1.54, 1.807) is 6.07 Å². The predicted octanol–water partition coefficient (Wildman–Crippen LogP) is 4.30. The molecule has 0 aliphatic carbocycles. The minimum absolute atomic E-state index is 0.387. The van der Waals surface area contributed by atoms with Crippen LogP contribution in [-0.2, 0) is 6.42 Å². The highest BCUT2D eigenvalue weighted by Gasteiger charge is 1.95. The van der Waals surface area contributed by atoms with Crippen LogP contribution >= 0.6 is 0 Å². The van der Waals surface area contributed by atoms with Gasteiger partial charge in [-0.15, -0.1) is 0 Å². The van der Waals surface area contributed by atoms with Gasteiger partial charge in [0.1, 0.15) is 5.75 Å². The normalized spacial score (nSPS) is 10.5. The Morgan fingerprint density at radius 3 is 2.47 bits per heavy atom. The molecule has 0 fully saturated rings. The van der Waals surface area contributed by atoms with Crippen molar-refractivity contribution in [3.05, 3.63) is 29.8 Å². The van der Waals surface area contributed by atoms with Crippen molar-refractivity contribution >= 4 is 0 Å². The van der Waals surface area contributed by atoms with Crippen LogP contribution in [0.15, 0.2) is 24.3 Å². The molecule has 0 aromatic heterocycles. The molecule has 1 heteroatoms. The van der Waals surface area contributed by atoms with Crippen molar-refractivity contribution < 1.29 is 5.11 Å². The molecular formula is C14H22O. The quantitative estimate of drug-likeness (QED) is 0.660. The molecule has 1 aromatic rings. The summed E-state index contributed by atoms with van der Waals surface area (Å²) in [7, 11) is 0. The van der Waals surface area contributed by atoms with Gasteiger partial charge in [-0.3, -0.25) is 0 Å². The summed E-state index contributed by atoms with van der Waals surface area (Å²) in [5.74, 6) is 0.387. The van der Waals surface area contributed by atoms with E-state index in [1.165, 1.54) is 44.1 Å². The molecular weight excluding hydrogens is 184 g/mol. The Labute approximate surface area is 93.1 Å². The molecule has 0 saturated carbocycles. The Bertz CT molecular complexity index is 268. The third kappa shape index (κ3) is 5.46. The second-order valence-corrected chi connectivity index (χ2v) is 4.19. The van der Waals surface area contributed by atoms with E-state index in [-0.39, 0.29) is 0 Å². The molecule has 0 spiro atoms. The summed E-state index contributed by atoms with van der Waals surface area (Å²) in [4.78, 5) is 0. The average molecular weight is 206 g/mol. The summed E-state index contributed by atoms with van der Waals surface area (Å²) in [5.41, 5.74) is 1.26. The second-order valence-electron chi connectivity index (χ2n) is 4.19. The van der Waals surface area contributed by atoms with Gasteiger partial charge in [0, 0.05) is 0 Å². The third-order valence-corrected chi connectivity index (χ3v) is 2.73. The van der Waals surface area contributed by atoms with E-state index in [0.29, 0.717) is 5.75 Å². The SMILES string of the molecule is CCCCCCCCc1cccc(O)c1. The Kier molecular flexibility index (Phi) is 5.91. The lowest BCUT2D eigenvalue weighted by atomic mass is 10.0. The zero-order chi connectivity index (χ0) is 10.9. The van der Waals surface area contributed by atoms with Crippen molar-refractivity contribution in [2.45, 2.75) is 51.9 Å². The first-order valence-corrected chi connectivity index (χ1v) is 6.11. The van der Waals surface area contributed by atoms with E-state index < -0.39 is 0 Å². The molecule has 0 aliphatic heterocycles. The molecule has 0 atom stereocenters. The third-order valence-electron chi connectivity index (χ3n) is 2.73. The van der Waals surface area contributed by atoms with Gasteiger partial charge in [-0.1, -0.05) is 51.2 Å². The van der Waals surface area contributed by atoms with Crippen LogP contribution < -0.4 is 0 Å². The Hall–Kier alpha value is -0.980. The van der Waals surface area contributed by atoms with Crippen LogP contribution in [0.1, 0.15) is 51.0 Å². The molecule has 15 heavy (non-hydrogen) atoms. The van der Waals surface area contributed by atoms with E-state index in [9.17, 15) is 5.11 Å². The number of aryl methyl sites for hydroxylation is 1. The van der Waals surface area contributed by atoms with Crippen molar-refractivity contribution in [3.8, 4) is 5.75 Å². The number of unbranched alkanes of at least 4 members (excludes halogenated alkanes) is 5. The number of aromatic hydroxyl groups is 1. The fraction of sp³-hybridized carbons (Fsp3) is 0.571. The lowest BCUT2D eigenvalue weighted by molar-refractivity contribution is 0.474. The minimum atomic E-state index is 0.387. The molecule has 0 amide bonds. The standard InChI is InChI=1S/C14H22O/c1-2-3-4-5-6-7-9-13-10-8-11-14(15)12-13/h8,10-12,15H,2-7,9H2,1H3. The highest BCUT2D eigenvalue weighted by molar-refractivity contribution is 5.27. The lowest BCUT2D eigenvalue weighted by Gasteiger charge is -2.02. The topological polar surface area (TPSA) is 20.2 Å². The number of phenols is 1. The number of hydrogen-bond donors (Lipinski definition) is 1. The maximum absolute atomic E-state index is 9.29. The largest absolute Gasteiger partial charge is 0.508 e. The first-order valence-electron chi connectivity index (χ1n) is 6.11. The van der Waals surface area contributed by atoms with Crippen LogP contribution in [0.5, 0.6) is 5.75 Å². The van der Waals surface area contributed by atoms with Crippen LogP contribution in [0.25, 0.3) is 0 Å². The highest BCUT2D eigenvalue weighted by Crippen LogP contribution is 2.14. The molecule has 0 radical (unpaired) electrons. The zero-order valence-electron chi connectivity index (χ0n) is 9.71. The van der Waals surface area contributed by atoms with E-state index in [4.69, 9.17) is 0 Å². The van der Waals surface area contributed by atoms with Gasteiger partial charge in [0.05, 0.1) is 0 Å². The van der Waals surface area contributed by atoms with Gasteiger partial charge in [0.2, 0.25) is 0 Å². The van der Waals surface area contributed by atoms with Gasteiger partial charge >= 0.3 is 0 Å². The fourth-order valence-electron chi connectivity index (χ4n) is 1.82. The van der Waals surface area contributed by atoms with Crippen LogP contribution in [-0.4, -0.2) is 5.11 Å².